The van der Waals surface area contributed by atoms with Crippen LogP contribution in [0.15, 0.2) is 77.7 Å². The summed E-state index contributed by atoms with van der Waals surface area (Å²) in [4.78, 5) is 4.03. The van der Waals surface area contributed by atoms with Gasteiger partial charge < -0.3 is 15.5 Å². The summed E-state index contributed by atoms with van der Waals surface area (Å²) in [5.41, 5.74) is 7.98. The van der Waals surface area contributed by atoms with Crippen LogP contribution >= 0.6 is 0 Å². The number of thiol groups is 1. The Morgan fingerprint density at radius 1 is 0.763 bits per heavy atom. The number of rotatable bonds is 10. The normalized spacial score (nSPS) is 12.9. The van der Waals surface area contributed by atoms with Crippen molar-refractivity contribution in [3.63, 3.8) is 0 Å². The van der Waals surface area contributed by atoms with E-state index >= 15 is 0 Å². The first-order chi connectivity index (χ1) is 18.1. The maximum atomic E-state index is 14.5. The van der Waals surface area contributed by atoms with Gasteiger partial charge in [0.05, 0.1) is 11.4 Å². The highest BCUT2D eigenvalue weighted by Crippen LogP contribution is 2.41. The van der Waals surface area contributed by atoms with Crippen LogP contribution in [0.1, 0.15) is 10.8 Å². The molecule has 0 heterocycles. The quantitative estimate of drug-likeness (QED) is 0.289. The van der Waals surface area contributed by atoms with E-state index in [0.717, 1.165) is 31.8 Å². The minimum absolute atomic E-state index is 0.0290. The second-order valence-electron chi connectivity index (χ2n) is 9.44. The van der Waals surface area contributed by atoms with Gasteiger partial charge in [-0.2, -0.15) is 4.31 Å². The second-order valence-corrected chi connectivity index (χ2v) is 12.5. The lowest BCUT2D eigenvalue weighted by Gasteiger charge is -2.26. The van der Waals surface area contributed by atoms with E-state index in [0.29, 0.717) is 10.9 Å². The molecule has 0 spiro atoms. The predicted molar refractivity (Wildman–Crippen MR) is 157 cm³/mol. The van der Waals surface area contributed by atoms with Crippen molar-refractivity contribution in [3.05, 3.63) is 84.9 Å². The monoisotopic (exact) mass is 553 g/mol. The van der Waals surface area contributed by atoms with Crippen molar-refractivity contribution in [2.24, 2.45) is 5.73 Å². The van der Waals surface area contributed by atoms with Gasteiger partial charge in [0.2, 0.25) is 10.9 Å². The third-order valence-electron chi connectivity index (χ3n) is 6.58. The van der Waals surface area contributed by atoms with Crippen LogP contribution < -0.4 is 15.5 Å². The summed E-state index contributed by atoms with van der Waals surface area (Å²) >= 11 is 0. The summed E-state index contributed by atoms with van der Waals surface area (Å²) in [6.07, 6.45) is 0. The average molecular weight is 554 g/mol. The highest BCUT2D eigenvalue weighted by atomic mass is 32.2. The highest BCUT2D eigenvalue weighted by molar-refractivity contribution is 7.92. The molecule has 0 amide bonds. The molecule has 0 aliphatic carbocycles. The van der Waals surface area contributed by atoms with Crippen LogP contribution in [-0.4, -0.2) is 62.4 Å². The Labute approximate surface area is 226 Å². The summed E-state index contributed by atoms with van der Waals surface area (Å²) < 4.78 is 54.3. The second kappa shape index (κ2) is 11.3. The molecule has 0 saturated heterocycles. The third-order valence-corrected chi connectivity index (χ3v) is 9.34. The Hall–Kier alpha value is -3.18. The third kappa shape index (κ3) is 5.22. The van der Waals surface area contributed by atoms with Crippen LogP contribution in [0.2, 0.25) is 0 Å². The van der Waals surface area contributed by atoms with Crippen LogP contribution in [0.5, 0.6) is 0 Å². The zero-order chi connectivity index (χ0) is 27.6. The molecule has 201 valence electrons. The van der Waals surface area contributed by atoms with Crippen molar-refractivity contribution in [3.8, 4) is 0 Å². The van der Waals surface area contributed by atoms with Crippen LogP contribution in [0, 0.1) is 6.54 Å². The van der Waals surface area contributed by atoms with Gasteiger partial charge in [0.25, 0.3) is 0 Å². The minimum atomic E-state index is -4.13. The number of benzene rings is 4. The highest BCUT2D eigenvalue weighted by Gasteiger charge is 2.34. The van der Waals surface area contributed by atoms with Gasteiger partial charge in [0, 0.05) is 68.8 Å². The molecule has 10 heteroatoms. The number of nitrogens with zero attached hydrogens (tertiary/aromatic N) is 3. The molecule has 4 rings (SSSR count). The molecule has 0 aliphatic heterocycles. The average Bonchev–Trinajstić information content (AvgIpc) is 2.89. The van der Waals surface area contributed by atoms with Gasteiger partial charge in [0.15, 0.2) is 9.84 Å². The van der Waals surface area contributed by atoms with Crippen molar-refractivity contribution >= 4 is 53.6 Å². The first kappa shape index (κ1) is 27.8. The van der Waals surface area contributed by atoms with Gasteiger partial charge in [-0.15, -0.1) is 0 Å². The van der Waals surface area contributed by atoms with E-state index in [-0.39, 0.29) is 18.0 Å². The largest absolute Gasteiger partial charge is 0.377 e. The zero-order valence-corrected chi connectivity index (χ0v) is 23.6. The van der Waals surface area contributed by atoms with Crippen molar-refractivity contribution < 1.29 is 16.8 Å². The Morgan fingerprint density at radius 3 is 1.82 bits per heavy atom. The van der Waals surface area contributed by atoms with E-state index in [9.17, 15) is 16.8 Å². The fourth-order valence-corrected chi connectivity index (χ4v) is 7.31. The van der Waals surface area contributed by atoms with E-state index in [1.807, 2.05) is 80.5 Å². The van der Waals surface area contributed by atoms with Crippen molar-refractivity contribution in [1.82, 2.24) is 4.31 Å². The topological polar surface area (TPSA) is 104 Å². The van der Waals surface area contributed by atoms with Crippen LogP contribution in [0.3, 0.4) is 0 Å². The molecule has 0 fully saturated rings. The van der Waals surface area contributed by atoms with E-state index < -0.39 is 26.0 Å². The summed E-state index contributed by atoms with van der Waals surface area (Å²) in [6, 6.07) is 21.9. The molecule has 0 saturated carbocycles. The van der Waals surface area contributed by atoms with E-state index in [1.54, 1.807) is 30.3 Å². The number of nitrogens with two attached hydrogens (primary N) is 1. The van der Waals surface area contributed by atoms with E-state index in [2.05, 4.69) is 0 Å². The van der Waals surface area contributed by atoms with Gasteiger partial charge >= 0.3 is 0 Å². The maximum Gasteiger partial charge on any atom is 0.204 e. The smallest absolute Gasteiger partial charge is 0.204 e. The predicted octanol–water partition coefficient (Wildman–Crippen LogP) is 3.59. The number of hydrogen-bond donors (Lipinski definition) is 2. The standard InChI is InChI=1S/C28H33N4O4S2/c1-30(2)25-14-6-9-20-21(25)10-5-12-23(20)28(19-32(18-17-29)37(33)34)38(35,36)27-16-8-11-22-24(27)13-7-15-26(22)31(3)4/h5-16,19,28,37H,17-18,29H2,1-4H3. The minimum Gasteiger partial charge on any atom is -0.377 e. The van der Waals surface area contributed by atoms with Gasteiger partial charge in [0.1, 0.15) is 5.25 Å². The molecule has 8 nitrogen and oxygen atoms in total. The number of sulfone groups is 1. The lowest BCUT2D eigenvalue weighted by atomic mass is 10.00. The van der Waals surface area contributed by atoms with Gasteiger partial charge in [-0.1, -0.05) is 54.6 Å². The maximum absolute atomic E-state index is 14.5. The molecule has 4 aromatic carbocycles. The molecule has 1 atom stereocenters. The Balaban J connectivity index is 2.02. The molecule has 38 heavy (non-hydrogen) atoms. The molecular weight excluding hydrogens is 520 g/mol. The molecular formula is C28H33N4O4S2. The zero-order valence-electron chi connectivity index (χ0n) is 21.9. The van der Waals surface area contributed by atoms with Gasteiger partial charge in [-0.05, 0) is 29.1 Å². The van der Waals surface area contributed by atoms with Crippen LogP contribution in [-0.2, 0) is 20.7 Å². The molecule has 2 N–H and O–H groups in total. The molecule has 0 aromatic heterocycles. The van der Waals surface area contributed by atoms with Crippen molar-refractivity contribution in [2.75, 3.05) is 51.1 Å². The van der Waals surface area contributed by atoms with Crippen molar-refractivity contribution in [1.29, 1.82) is 0 Å². The SMILES string of the molecule is CN(C)c1cccc2c(C([CH]N(CCN)[SH](=O)=O)S(=O)(=O)c3cccc4c(N(C)C)cccc34)cccc12. The lowest BCUT2D eigenvalue weighted by Crippen LogP contribution is -2.31. The molecule has 4 aromatic rings. The first-order valence-electron chi connectivity index (χ1n) is 12.2. The van der Waals surface area contributed by atoms with E-state index in [1.165, 1.54) is 6.54 Å². The molecule has 0 aliphatic rings. The van der Waals surface area contributed by atoms with Crippen LogP contribution in [0.25, 0.3) is 21.5 Å². The molecule has 1 radical (unpaired) electrons. The molecule has 1 unspecified atom stereocenters. The Kier molecular flexibility index (Phi) is 8.27. The Morgan fingerprint density at radius 2 is 1.26 bits per heavy atom. The Bertz CT molecular complexity index is 1640. The van der Waals surface area contributed by atoms with Gasteiger partial charge in [-0.3, -0.25) is 0 Å². The summed E-state index contributed by atoms with van der Waals surface area (Å²) in [5.74, 6) is 0. The lowest BCUT2D eigenvalue weighted by molar-refractivity contribution is 0.479. The molecule has 0 bridgehead atoms. The summed E-state index contributed by atoms with van der Waals surface area (Å²) in [5, 5.41) is 1.68. The number of anilines is 2. The first-order valence-corrected chi connectivity index (χ1v) is 14.8. The van der Waals surface area contributed by atoms with Crippen LogP contribution in [0.4, 0.5) is 11.4 Å². The summed E-state index contributed by atoms with van der Waals surface area (Å²) in [7, 11) is 0.420. The summed E-state index contributed by atoms with van der Waals surface area (Å²) in [6.45, 7) is 1.30. The number of fused-ring (bicyclic) bond motifs is 2. The van der Waals surface area contributed by atoms with E-state index in [4.69, 9.17) is 5.73 Å². The fourth-order valence-electron chi connectivity index (χ4n) is 4.82. The van der Waals surface area contributed by atoms with Gasteiger partial charge in [-0.25, -0.2) is 16.8 Å². The fraction of sp³-hybridized carbons (Fsp3) is 0.250. The van der Waals surface area contributed by atoms with Crippen molar-refractivity contribution in [2.45, 2.75) is 10.1 Å². The number of hydrogen-bond acceptors (Lipinski definition) is 7.